The number of fused-ring (bicyclic) bond motifs is 1. The number of benzene rings is 2. The van der Waals surface area contributed by atoms with Gasteiger partial charge in [-0.15, -0.1) is 0 Å². The number of halogens is 1. The molecule has 1 amide bonds. The van der Waals surface area contributed by atoms with Gasteiger partial charge in [0.2, 0.25) is 0 Å². The maximum atomic E-state index is 13.9. The highest BCUT2D eigenvalue weighted by molar-refractivity contribution is 5.93. The highest BCUT2D eigenvalue weighted by atomic mass is 19.1. The molecule has 140 valence electrons. The molecule has 3 aromatic rings. The number of aromatic nitrogens is 2. The van der Waals surface area contributed by atoms with E-state index >= 15 is 0 Å². The number of nitrogens with zero attached hydrogens (tertiary/aromatic N) is 1. The fraction of sp³-hybridized carbons (Fsp3) is 0.263. The summed E-state index contributed by atoms with van der Waals surface area (Å²) in [6, 6.07) is 12.0. The van der Waals surface area contributed by atoms with Gasteiger partial charge in [0.1, 0.15) is 5.82 Å². The van der Waals surface area contributed by atoms with Gasteiger partial charge in [-0.25, -0.2) is 9.18 Å². The van der Waals surface area contributed by atoms with Crippen molar-refractivity contribution in [3.05, 3.63) is 58.8 Å². The Balaban J connectivity index is 1.32. The molecule has 0 atom stereocenters. The van der Waals surface area contributed by atoms with E-state index in [1.807, 2.05) is 11.0 Å². The van der Waals surface area contributed by atoms with Crippen LogP contribution in [0.2, 0.25) is 0 Å². The SMILES string of the molecule is O=C(C[NH+]1CCN(c2ccccc2F)CC1)Nc1ccc2[nH]c(=O)[nH]c2c1. The van der Waals surface area contributed by atoms with Gasteiger partial charge in [0.15, 0.2) is 6.54 Å². The summed E-state index contributed by atoms with van der Waals surface area (Å²) in [7, 11) is 0. The van der Waals surface area contributed by atoms with Crippen molar-refractivity contribution in [2.75, 3.05) is 42.9 Å². The van der Waals surface area contributed by atoms with Crippen LogP contribution < -0.4 is 20.8 Å². The third kappa shape index (κ3) is 3.85. The van der Waals surface area contributed by atoms with Gasteiger partial charge in [0, 0.05) is 5.69 Å². The molecule has 1 aliphatic rings. The summed E-state index contributed by atoms with van der Waals surface area (Å²) >= 11 is 0. The van der Waals surface area contributed by atoms with Gasteiger partial charge in [-0.2, -0.15) is 0 Å². The first-order valence-electron chi connectivity index (χ1n) is 8.93. The number of amides is 1. The zero-order valence-electron chi connectivity index (χ0n) is 14.7. The van der Waals surface area contributed by atoms with Crippen LogP contribution in [0.4, 0.5) is 15.8 Å². The molecule has 4 N–H and O–H groups in total. The van der Waals surface area contributed by atoms with E-state index in [-0.39, 0.29) is 17.4 Å². The number of aromatic amines is 2. The smallest absolute Gasteiger partial charge is 0.323 e. The van der Waals surface area contributed by atoms with Gasteiger partial charge in [-0.3, -0.25) is 4.79 Å². The van der Waals surface area contributed by atoms with Gasteiger partial charge in [-0.1, -0.05) is 12.1 Å². The average molecular weight is 370 g/mol. The van der Waals surface area contributed by atoms with Crippen molar-refractivity contribution in [3.8, 4) is 0 Å². The minimum Gasteiger partial charge on any atom is -0.358 e. The Hall–Kier alpha value is -3.13. The lowest BCUT2D eigenvalue weighted by Crippen LogP contribution is -3.15. The second-order valence-corrected chi connectivity index (χ2v) is 6.75. The maximum absolute atomic E-state index is 13.9. The second-order valence-electron chi connectivity index (χ2n) is 6.75. The number of nitrogens with one attached hydrogen (secondary N) is 4. The number of para-hydroxylation sites is 1. The van der Waals surface area contributed by atoms with Crippen LogP contribution in [0.15, 0.2) is 47.3 Å². The molecule has 2 aromatic carbocycles. The minimum atomic E-state index is -0.273. The first kappa shape index (κ1) is 17.3. The van der Waals surface area contributed by atoms with E-state index in [1.54, 1.807) is 30.3 Å². The lowest BCUT2D eigenvalue weighted by Gasteiger charge is -2.33. The van der Waals surface area contributed by atoms with Crippen molar-refractivity contribution in [2.45, 2.75) is 0 Å². The van der Waals surface area contributed by atoms with Gasteiger partial charge >= 0.3 is 5.69 Å². The Morgan fingerprint density at radius 2 is 1.85 bits per heavy atom. The number of piperazine rings is 1. The van der Waals surface area contributed by atoms with Gasteiger partial charge < -0.3 is 25.1 Å². The summed E-state index contributed by atoms with van der Waals surface area (Å²) in [4.78, 5) is 32.2. The van der Waals surface area contributed by atoms with Crippen LogP contribution in [0, 0.1) is 5.82 Å². The summed E-state index contributed by atoms with van der Waals surface area (Å²) in [6.45, 7) is 3.31. The highest BCUT2D eigenvalue weighted by Crippen LogP contribution is 2.18. The largest absolute Gasteiger partial charge is 0.358 e. The van der Waals surface area contributed by atoms with E-state index in [9.17, 15) is 14.0 Å². The van der Waals surface area contributed by atoms with E-state index < -0.39 is 0 Å². The molecule has 1 fully saturated rings. The Bertz CT molecular complexity index is 1020. The van der Waals surface area contributed by atoms with E-state index in [4.69, 9.17) is 0 Å². The van der Waals surface area contributed by atoms with Crippen LogP contribution in [-0.2, 0) is 4.79 Å². The van der Waals surface area contributed by atoms with Crippen molar-refractivity contribution in [1.82, 2.24) is 9.97 Å². The van der Waals surface area contributed by atoms with Crippen molar-refractivity contribution in [2.24, 2.45) is 0 Å². The third-order valence-corrected chi connectivity index (χ3v) is 4.87. The van der Waals surface area contributed by atoms with Gasteiger partial charge in [0.05, 0.1) is 42.9 Å². The average Bonchev–Trinajstić information content (AvgIpc) is 3.02. The molecule has 1 aromatic heterocycles. The van der Waals surface area contributed by atoms with Crippen LogP contribution in [0.25, 0.3) is 11.0 Å². The monoisotopic (exact) mass is 370 g/mol. The quantitative estimate of drug-likeness (QED) is 0.534. The van der Waals surface area contributed by atoms with E-state index in [2.05, 4.69) is 15.3 Å². The predicted octanol–water partition coefficient (Wildman–Crippen LogP) is 0.339. The number of H-pyrrole nitrogens is 2. The number of anilines is 2. The number of imidazole rings is 1. The molecule has 8 heteroatoms. The summed E-state index contributed by atoms with van der Waals surface area (Å²) in [5, 5.41) is 2.87. The lowest BCUT2D eigenvalue weighted by atomic mass is 10.2. The first-order chi connectivity index (χ1) is 13.1. The van der Waals surface area contributed by atoms with E-state index in [0.717, 1.165) is 18.0 Å². The van der Waals surface area contributed by atoms with Gasteiger partial charge in [0.25, 0.3) is 5.91 Å². The minimum absolute atomic E-state index is 0.0819. The number of hydrogen-bond donors (Lipinski definition) is 4. The molecular weight excluding hydrogens is 349 g/mol. The molecule has 7 nitrogen and oxygen atoms in total. The van der Waals surface area contributed by atoms with Crippen molar-refractivity contribution in [1.29, 1.82) is 0 Å². The lowest BCUT2D eigenvalue weighted by molar-refractivity contribution is -0.892. The zero-order chi connectivity index (χ0) is 18.8. The second kappa shape index (κ2) is 7.24. The molecule has 0 radical (unpaired) electrons. The summed E-state index contributed by atoms with van der Waals surface area (Å²) < 4.78 is 13.9. The molecule has 0 spiro atoms. The molecule has 27 heavy (non-hydrogen) atoms. The summed E-state index contributed by atoms with van der Waals surface area (Å²) in [5.74, 6) is -0.293. The Morgan fingerprint density at radius 1 is 1.11 bits per heavy atom. The molecule has 0 unspecified atom stereocenters. The summed E-state index contributed by atoms with van der Waals surface area (Å²) in [6.07, 6.45) is 0. The fourth-order valence-corrected chi connectivity index (χ4v) is 3.49. The van der Waals surface area contributed by atoms with Crippen LogP contribution in [0.5, 0.6) is 0 Å². The Labute approximate surface area is 154 Å². The highest BCUT2D eigenvalue weighted by Gasteiger charge is 2.23. The molecule has 4 rings (SSSR count). The predicted molar refractivity (Wildman–Crippen MR) is 102 cm³/mol. The standard InChI is InChI=1S/C19H20FN5O2/c20-14-3-1-2-4-17(14)25-9-7-24(8-10-25)12-18(26)21-13-5-6-15-16(11-13)23-19(27)22-15/h1-6,11H,7-10,12H2,(H,21,26)(H2,22,23,27)/p+1. The number of carbonyl (C=O) groups excluding carboxylic acids is 1. The molecule has 0 aliphatic carbocycles. The number of carbonyl (C=O) groups is 1. The van der Waals surface area contributed by atoms with Crippen molar-refractivity contribution in [3.63, 3.8) is 0 Å². The molecule has 1 saturated heterocycles. The molecule has 2 heterocycles. The Morgan fingerprint density at radius 3 is 2.63 bits per heavy atom. The molecule has 1 aliphatic heterocycles. The number of quaternary nitrogens is 1. The summed E-state index contributed by atoms with van der Waals surface area (Å²) in [5.41, 5.74) is 2.35. The van der Waals surface area contributed by atoms with Crippen molar-refractivity contribution >= 4 is 28.3 Å². The van der Waals surface area contributed by atoms with Crippen molar-refractivity contribution < 1.29 is 14.1 Å². The molecule has 0 saturated carbocycles. The topological polar surface area (TPSA) is 85.4 Å². The number of hydrogen-bond acceptors (Lipinski definition) is 3. The molecule has 0 bridgehead atoms. The first-order valence-corrected chi connectivity index (χ1v) is 8.93. The maximum Gasteiger partial charge on any atom is 0.323 e. The van der Waals surface area contributed by atoms with Crippen LogP contribution >= 0.6 is 0 Å². The number of rotatable bonds is 4. The Kier molecular flexibility index (Phi) is 4.64. The fourth-order valence-electron chi connectivity index (χ4n) is 3.49. The zero-order valence-corrected chi connectivity index (χ0v) is 14.7. The van der Waals surface area contributed by atoms with Gasteiger partial charge in [-0.05, 0) is 30.3 Å². The van der Waals surface area contributed by atoms with Crippen LogP contribution in [0.3, 0.4) is 0 Å². The van der Waals surface area contributed by atoms with E-state index in [1.165, 1.54) is 6.07 Å². The van der Waals surface area contributed by atoms with Crippen LogP contribution in [0.1, 0.15) is 0 Å². The van der Waals surface area contributed by atoms with E-state index in [0.29, 0.717) is 42.0 Å². The normalized spacial score (nSPS) is 15.2. The van der Waals surface area contributed by atoms with Crippen LogP contribution in [-0.4, -0.2) is 48.6 Å². The molecular formula is C19H21FN5O2+. The third-order valence-electron chi connectivity index (χ3n) is 4.87.